The largest absolute Gasteiger partial charge is 0.497 e. The van der Waals surface area contributed by atoms with Crippen molar-refractivity contribution in [1.82, 2.24) is 9.80 Å². The molecule has 0 radical (unpaired) electrons. The molecule has 8 nitrogen and oxygen atoms in total. The molecular formula is C20H27F3N2O6. The van der Waals surface area contributed by atoms with E-state index in [0.717, 1.165) is 25.4 Å². The third-order valence-corrected chi connectivity index (χ3v) is 4.93. The number of hydrogen-bond acceptors (Lipinski definition) is 6. The van der Waals surface area contributed by atoms with E-state index < -0.39 is 17.7 Å². The van der Waals surface area contributed by atoms with Crippen LogP contribution in [0.25, 0.3) is 0 Å². The summed E-state index contributed by atoms with van der Waals surface area (Å²) in [6.45, 7) is 7.12. The lowest BCUT2D eigenvalue weighted by molar-refractivity contribution is -0.192. The highest BCUT2D eigenvalue weighted by Gasteiger charge is 2.41. The van der Waals surface area contributed by atoms with Crippen molar-refractivity contribution in [2.75, 3.05) is 53.1 Å². The monoisotopic (exact) mass is 448 g/mol. The van der Waals surface area contributed by atoms with E-state index in [0.29, 0.717) is 32.9 Å². The van der Waals surface area contributed by atoms with Crippen molar-refractivity contribution in [3.8, 4) is 5.75 Å². The first-order chi connectivity index (χ1) is 14.5. The fourth-order valence-corrected chi connectivity index (χ4v) is 3.40. The van der Waals surface area contributed by atoms with E-state index in [1.54, 1.807) is 14.0 Å². The van der Waals surface area contributed by atoms with Crippen molar-refractivity contribution in [1.29, 1.82) is 0 Å². The second-order valence-electron chi connectivity index (χ2n) is 7.39. The quantitative estimate of drug-likeness (QED) is 0.754. The highest BCUT2D eigenvalue weighted by molar-refractivity contribution is 5.73. The zero-order valence-electron chi connectivity index (χ0n) is 17.5. The van der Waals surface area contributed by atoms with E-state index in [1.165, 1.54) is 5.56 Å². The molecule has 2 heterocycles. The van der Waals surface area contributed by atoms with Crippen LogP contribution in [-0.2, 0) is 25.6 Å². The maximum Gasteiger partial charge on any atom is 0.490 e. The van der Waals surface area contributed by atoms with Crippen LogP contribution in [0.3, 0.4) is 0 Å². The molecule has 1 aromatic carbocycles. The fourth-order valence-electron chi connectivity index (χ4n) is 3.40. The molecule has 0 aromatic heterocycles. The number of carbonyl (C=O) groups is 2. The molecule has 0 aliphatic carbocycles. The van der Waals surface area contributed by atoms with Crippen LogP contribution in [0.1, 0.15) is 12.5 Å². The molecule has 1 amide bonds. The number of halogens is 3. The number of alkyl halides is 3. The van der Waals surface area contributed by atoms with E-state index in [-0.39, 0.29) is 5.91 Å². The molecule has 1 N–H and O–H groups in total. The molecule has 0 bridgehead atoms. The molecular weight excluding hydrogens is 421 g/mol. The predicted molar refractivity (Wildman–Crippen MR) is 104 cm³/mol. The lowest BCUT2D eigenvalue weighted by Crippen LogP contribution is -2.58. The van der Waals surface area contributed by atoms with Crippen molar-refractivity contribution in [2.45, 2.75) is 25.2 Å². The molecule has 2 aliphatic rings. The number of carboxylic acid groups (broad SMARTS) is 1. The lowest BCUT2D eigenvalue weighted by Gasteiger charge is -2.43. The number of benzene rings is 1. The Bertz CT molecular complexity index is 743. The van der Waals surface area contributed by atoms with Crippen LogP contribution < -0.4 is 4.74 Å². The van der Waals surface area contributed by atoms with Crippen LogP contribution in [0.5, 0.6) is 5.75 Å². The molecule has 11 heteroatoms. The van der Waals surface area contributed by atoms with E-state index in [4.69, 9.17) is 24.1 Å². The van der Waals surface area contributed by atoms with Crippen molar-refractivity contribution >= 4 is 11.9 Å². The first-order valence-corrected chi connectivity index (χ1v) is 9.67. The van der Waals surface area contributed by atoms with Gasteiger partial charge in [-0.1, -0.05) is 12.1 Å². The van der Waals surface area contributed by atoms with Crippen molar-refractivity contribution in [2.24, 2.45) is 0 Å². The van der Waals surface area contributed by atoms with Gasteiger partial charge in [0.1, 0.15) is 11.4 Å². The van der Waals surface area contributed by atoms with Crippen molar-refractivity contribution in [3.63, 3.8) is 0 Å². The molecule has 1 aromatic rings. The highest BCUT2D eigenvalue weighted by atomic mass is 19.4. The van der Waals surface area contributed by atoms with Crippen molar-refractivity contribution in [3.05, 3.63) is 29.8 Å². The number of morpholine rings is 1. The minimum Gasteiger partial charge on any atom is -0.497 e. The third-order valence-electron chi connectivity index (χ3n) is 4.93. The number of hydrogen-bond donors (Lipinski definition) is 1. The summed E-state index contributed by atoms with van der Waals surface area (Å²) in [5, 5.41) is 7.12. The number of methoxy groups -OCH3 is 1. The van der Waals surface area contributed by atoms with Gasteiger partial charge in [-0.05, 0) is 17.7 Å². The Morgan fingerprint density at radius 3 is 2.35 bits per heavy atom. The number of nitrogens with zero attached hydrogens (tertiary/aromatic N) is 2. The first-order valence-electron chi connectivity index (χ1n) is 9.67. The van der Waals surface area contributed by atoms with Gasteiger partial charge in [0.15, 0.2) is 0 Å². The summed E-state index contributed by atoms with van der Waals surface area (Å²) in [6.07, 6.45) is -5.08. The summed E-state index contributed by atoms with van der Waals surface area (Å²) in [7, 11) is 1.67. The maximum atomic E-state index is 11.8. The first kappa shape index (κ1) is 24.9. The molecule has 1 unspecified atom stereocenters. The fraction of sp³-hybridized carbons (Fsp3) is 0.600. The maximum absolute atomic E-state index is 11.8. The number of aliphatic carboxylic acids is 1. The molecule has 2 saturated heterocycles. The van der Waals surface area contributed by atoms with Gasteiger partial charge in [0.05, 0.1) is 33.5 Å². The van der Waals surface area contributed by atoms with Gasteiger partial charge in [-0.2, -0.15) is 13.2 Å². The van der Waals surface area contributed by atoms with Crippen molar-refractivity contribution < 1.29 is 42.1 Å². The average Bonchev–Trinajstić information content (AvgIpc) is 2.91. The Kier molecular flexibility index (Phi) is 8.66. The Balaban J connectivity index is 0.000000423. The van der Waals surface area contributed by atoms with Gasteiger partial charge in [0.25, 0.3) is 0 Å². The average molecular weight is 448 g/mol. The Labute approximate surface area is 178 Å². The number of carboxylic acids is 1. The summed E-state index contributed by atoms with van der Waals surface area (Å²) >= 11 is 0. The number of ether oxygens (including phenoxy) is 3. The molecule has 2 fully saturated rings. The SMILES string of the molecule is COc1ccc(CN2CCOC3(COCCN(C(C)=O)C3)C2)cc1.O=C(O)C(F)(F)F. The second kappa shape index (κ2) is 10.8. The lowest BCUT2D eigenvalue weighted by atomic mass is 10.0. The van der Waals surface area contributed by atoms with Gasteiger partial charge in [-0.25, -0.2) is 4.79 Å². The van der Waals surface area contributed by atoms with Gasteiger partial charge < -0.3 is 24.2 Å². The van der Waals surface area contributed by atoms with Gasteiger partial charge in [0.2, 0.25) is 5.91 Å². The third kappa shape index (κ3) is 7.67. The Morgan fingerprint density at radius 1 is 1.16 bits per heavy atom. The molecule has 174 valence electrons. The second-order valence-corrected chi connectivity index (χ2v) is 7.39. The predicted octanol–water partition coefficient (Wildman–Crippen LogP) is 1.78. The Morgan fingerprint density at radius 2 is 1.81 bits per heavy atom. The minimum atomic E-state index is -5.08. The summed E-state index contributed by atoms with van der Waals surface area (Å²) in [4.78, 5) is 24.9. The standard InChI is InChI=1S/C18H26N2O4.C2HF3O2/c1-15(21)20-8-9-23-14-18(13-20)12-19(7-10-24-18)11-16-3-5-17(22-2)6-4-16;3-2(4,5)1(6)7/h3-6H,7-14H2,1-2H3;(H,6,7). The van der Waals surface area contributed by atoms with Crippen LogP contribution in [-0.4, -0.2) is 91.7 Å². The van der Waals surface area contributed by atoms with Crippen LogP contribution >= 0.6 is 0 Å². The molecule has 31 heavy (non-hydrogen) atoms. The van der Waals surface area contributed by atoms with E-state index in [9.17, 15) is 18.0 Å². The number of carbonyl (C=O) groups excluding carboxylic acids is 1. The van der Waals surface area contributed by atoms with Crippen LogP contribution in [0.4, 0.5) is 13.2 Å². The van der Waals surface area contributed by atoms with Gasteiger partial charge in [-0.3, -0.25) is 9.69 Å². The number of rotatable bonds is 3. The van der Waals surface area contributed by atoms with E-state index >= 15 is 0 Å². The van der Waals surface area contributed by atoms with Crippen LogP contribution in [0.2, 0.25) is 0 Å². The summed E-state index contributed by atoms with van der Waals surface area (Å²) in [6, 6.07) is 8.15. The topological polar surface area (TPSA) is 88.5 Å². The number of amides is 1. The van der Waals surface area contributed by atoms with Crippen LogP contribution in [0, 0.1) is 0 Å². The molecule has 2 aliphatic heterocycles. The van der Waals surface area contributed by atoms with Gasteiger partial charge >= 0.3 is 12.1 Å². The van der Waals surface area contributed by atoms with Gasteiger partial charge in [0, 0.05) is 33.1 Å². The summed E-state index contributed by atoms with van der Waals surface area (Å²) < 4.78 is 48.8. The van der Waals surface area contributed by atoms with Gasteiger partial charge in [-0.15, -0.1) is 0 Å². The normalized spacial score (nSPS) is 22.3. The Hall–Kier alpha value is -2.37. The minimum absolute atomic E-state index is 0.0794. The van der Waals surface area contributed by atoms with E-state index in [1.807, 2.05) is 17.0 Å². The zero-order chi connectivity index (χ0) is 23.1. The van der Waals surface area contributed by atoms with Crippen LogP contribution in [0.15, 0.2) is 24.3 Å². The molecule has 3 rings (SSSR count). The smallest absolute Gasteiger partial charge is 0.490 e. The molecule has 1 atom stereocenters. The molecule has 0 saturated carbocycles. The highest BCUT2D eigenvalue weighted by Crippen LogP contribution is 2.24. The molecule has 1 spiro atoms. The summed E-state index contributed by atoms with van der Waals surface area (Å²) in [5.41, 5.74) is 0.818. The van der Waals surface area contributed by atoms with E-state index in [2.05, 4.69) is 17.0 Å². The summed E-state index contributed by atoms with van der Waals surface area (Å²) in [5.74, 6) is -1.81. The zero-order valence-corrected chi connectivity index (χ0v) is 17.5.